The summed E-state index contributed by atoms with van der Waals surface area (Å²) in [6, 6.07) is 8.30. The van der Waals surface area contributed by atoms with Crippen LogP contribution >= 0.6 is 11.8 Å². The van der Waals surface area contributed by atoms with E-state index in [1.807, 2.05) is 4.90 Å². The van der Waals surface area contributed by atoms with Crippen molar-refractivity contribution in [2.24, 2.45) is 5.92 Å². The molecule has 0 spiro atoms. The number of likely N-dealkylation sites (tertiary alicyclic amines) is 1. The molecule has 0 aromatic heterocycles. The third-order valence-corrected chi connectivity index (χ3v) is 7.03. The van der Waals surface area contributed by atoms with E-state index in [9.17, 15) is 9.59 Å². The molecule has 134 valence electrons. The zero-order valence-corrected chi connectivity index (χ0v) is 15.4. The number of Topliss-reactive ketones (excluding diaryl/α,β-unsaturated/α-hetero) is 1. The van der Waals surface area contributed by atoms with Crippen LogP contribution in [0.1, 0.15) is 36.8 Å². The Bertz CT molecular complexity index is 632. The smallest absolute Gasteiger partial charge is 0.241 e. The van der Waals surface area contributed by atoms with Crippen LogP contribution in [-0.4, -0.2) is 46.8 Å². The van der Waals surface area contributed by atoms with Gasteiger partial charge in [0.15, 0.2) is 0 Å². The summed E-state index contributed by atoms with van der Waals surface area (Å²) in [5.41, 5.74) is 2.89. The van der Waals surface area contributed by atoms with Crippen LogP contribution in [0.2, 0.25) is 0 Å². The highest BCUT2D eigenvalue weighted by molar-refractivity contribution is 8.00. The Morgan fingerprint density at radius 3 is 2.48 bits per heavy atom. The van der Waals surface area contributed by atoms with E-state index in [1.54, 1.807) is 11.8 Å². The number of amides is 1. The van der Waals surface area contributed by atoms with E-state index < -0.39 is 0 Å². The monoisotopic (exact) mass is 358 g/mol. The van der Waals surface area contributed by atoms with Gasteiger partial charge in [0, 0.05) is 25.4 Å². The second-order valence-electron chi connectivity index (χ2n) is 7.49. The van der Waals surface area contributed by atoms with Gasteiger partial charge in [-0.2, -0.15) is 0 Å². The highest BCUT2D eigenvalue weighted by Crippen LogP contribution is 2.31. The number of fused-ring (bicyclic) bond motifs is 1. The lowest BCUT2D eigenvalue weighted by Gasteiger charge is -2.23. The van der Waals surface area contributed by atoms with Crippen LogP contribution in [0.3, 0.4) is 0 Å². The molecule has 1 unspecified atom stereocenters. The summed E-state index contributed by atoms with van der Waals surface area (Å²) in [5, 5.41) is 3.06. The third-order valence-electron chi connectivity index (χ3n) is 5.80. The van der Waals surface area contributed by atoms with Gasteiger partial charge in [0.2, 0.25) is 5.91 Å². The van der Waals surface area contributed by atoms with Crippen molar-refractivity contribution in [1.29, 1.82) is 0 Å². The molecule has 1 amide bonds. The second kappa shape index (κ2) is 7.50. The van der Waals surface area contributed by atoms with Crippen LogP contribution in [0.4, 0.5) is 0 Å². The van der Waals surface area contributed by atoms with Crippen molar-refractivity contribution < 1.29 is 9.59 Å². The Morgan fingerprint density at radius 1 is 1.12 bits per heavy atom. The number of carbonyl (C=O) groups is 2. The summed E-state index contributed by atoms with van der Waals surface area (Å²) in [6.07, 6.45) is 5.90. The van der Waals surface area contributed by atoms with E-state index in [2.05, 4.69) is 29.6 Å². The van der Waals surface area contributed by atoms with Crippen LogP contribution in [0, 0.1) is 5.92 Å². The summed E-state index contributed by atoms with van der Waals surface area (Å²) in [5.74, 6) is 1.67. The van der Waals surface area contributed by atoms with Gasteiger partial charge in [-0.1, -0.05) is 24.3 Å². The van der Waals surface area contributed by atoms with Gasteiger partial charge in [0.05, 0.1) is 5.25 Å². The summed E-state index contributed by atoms with van der Waals surface area (Å²) < 4.78 is 0. The van der Waals surface area contributed by atoms with Gasteiger partial charge >= 0.3 is 0 Å². The molecular formula is C20H26N2O2S. The number of benzene rings is 1. The number of hydrogen-bond acceptors (Lipinski definition) is 4. The molecule has 1 N–H and O–H groups in total. The molecule has 25 heavy (non-hydrogen) atoms. The van der Waals surface area contributed by atoms with Crippen LogP contribution in [-0.2, 0) is 22.4 Å². The number of hydrogen-bond donors (Lipinski definition) is 1. The number of ketones is 1. The first-order valence-corrected chi connectivity index (χ1v) is 10.5. The fourth-order valence-electron chi connectivity index (χ4n) is 4.40. The number of rotatable bonds is 5. The zero-order valence-electron chi connectivity index (χ0n) is 14.6. The molecule has 2 atom stereocenters. The Kier molecular flexibility index (Phi) is 5.13. The lowest BCUT2D eigenvalue weighted by atomic mass is 9.96. The highest BCUT2D eigenvalue weighted by atomic mass is 32.2. The standard InChI is InChI=1S/C20H26N2O2S/c23-17(8-7-14-11-15-5-1-2-6-16(15)12-14)19-18(21-13-25-19)20(24)22-9-3-4-10-22/h1-2,5-6,14,18-19,21H,3-4,7-13H2/t18-,19?/m0/s1. The van der Waals surface area contributed by atoms with Gasteiger partial charge in [-0.15, -0.1) is 11.8 Å². The quantitative estimate of drug-likeness (QED) is 0.878. The van der Waals surface area contributed by atoms with Gasteiger partial charge in [0.25, 0.3) is 0 Å². The first kappa shape index (κ1) is 17.1. The van der Waals surface area contributed by atoms with E-state index >= 15 is 0 Å². The largest absolute Gasteiger partial charge is 0.341 e. The lowest BCUT2D eigenvalue weighted by Crippen LogP contribution is -2.49. The Morgan fingerprint density at radius 2 is 1.80 bits per heavy atom. The number of nitrogens with one attached hydrogen (secondary N) is 1. The first-order chi connectivity index (χ1) is 12.2. The van der Waals surface area contributed by atoms with Crippen molar-refractivity contribution in [1.82, 2.24) is 10.2 Å². The molecule has 1 aromatic carbocycles. The van der Waals surface area contributed by atoms with Crippen molar-refractivity contribution in [3.05, 3.63) is 35.4 Å². The van der Waals surface area contributed by atoms with Gasteiger partial charge in [0.1, 0.15) is 11.8 Å². The number of nitrogens with zero attached hydrogens (tertiary/aromatic N) is 1. The van der Waals surface area contributed by atoms with Crippen molar-refractivity contribution in [3.8, 4) is 0 Å². The predicted molar refractivity (Wildman–Crippen MR) is 101 cm³/mol. The minimum atomic E-state index is -0.309. The van der Waals surface area contributed by atoms with E-state index in [4.69, 9.17) is 0 Å². The topological polar surface area (TPSA) is 49.4 Å². The molecule has 0 bridgehead atoms. The average Bonchev–Trinajstić information content (AvgIpc) is 3.38. The third kappa shape index (κ3) is 3.63. The molecular weight excluding hydrogens is 332 g/mol. The molecule has 5 heteroatoms. The Labute approximate surface area is 153 Å². The fraction of sp³-hybridized carbons (Fsp3) is 0.600. The normalized spacial score (nSPS) is 26.2. The molecule has 0 radical (unpaired) electrons. The maximum atomic E-state index is 12.8. The first-order valence-electron chi connectivity index (χ1n) is 9.45. The number of thioether (sulfide) groups is 1. The fourth-order valence-corrected chi connectivity index (χ4v) is 5.57. The van der Waals surface area contributed by atoms with Crippen LogP contribution in [0.25, 0.3) is 0 Å². The Balaban J connectivity index is 1.31. The molecule has 1 aromatic rings. The average molecular weight is 359 g/mol. The Hall–Kier alpha value is -1.33. The maximum Gasteiger partial charge on any atom is 0.241 e. The lowest BCUT2D eigenvalue weighted by molar-refractivity contribution is -0.134. The van der Waals surface area contributed by atoms with E-state index in [1.165, 1.54) is 11.1 Å². The molecule has 2 aliphatic heterocycles. The number of carbonyl (C=O) groups excluding carboxylic acids is 2. The minimum absolute atomic E-state index is 0.133. The zero-order chi connectivity index (χ0) is 17.2. The minimum Gasteiger partial charge on any atom is -0.341 e. The summed E-state index contributed by atoms with van der Waals surface area (Å²) in [6.45, 7) is 1.70. The summed E-state index contributed by atoms with van der Waals surface area (Å²) in [7, 11) is 0. The molecule has 2 fully saturated rings. The van der Waals surface area contributed by atoms with E-state index in [-0.39, 0.29) is 23.0 Å². The van der Waals surface area contributed by atoms with Gasteiger partial charge < -0.3 is 4.90 Å². The maximum absolute atomic E-state index is 12.8. The van der Waals surface area contributed by atoms with Crippen LogP contribution < -0.4 is 5.32 Å². The summed E-state index contributed by atoms with van der Waals surface area (Å²) >= 11 is 1.61. The van der Waals surface area contributed by atoms with E-state index in [0.717, 1.165) is 45.2 Å². The second-order valence-corrected chi connectivity index (χ2v) is 8.62. The van der Waals surface area contributed by atoms with Crippen LogP contribution in [0.15, 0.2) is 24.3 Å². The summed E-state index contributed by atoms with van der Waals surface area (Å²) in [4.78, 5) is 27.4. The van der Waals surface area contributed by atoms with Crippen molar-refractivity contribution in [2.45, 2.75) is 49.8 Å². The SMILES string of the molecule is O=C(CCC1Cc2ccccc2C1)C1SCN[C@@H]1C(=O)N1CCCC1. The van der Waals surface area contributed by atoms with Crippen molar-refractivity contribution >= 4 is 23.5 Å². The molecule has 1 aliphatic carbocycles. The van der Waals surface area contributed by atoms with Crippen molar-refractivity contribution in [3.63, 3.8) is 0 Å². The molecule has 2 heterocycles. The predicted octanol–water partition coefficient (Wildman–Crippen LogP) is 2.40. The highest BCUT2D eigenvalue weighted by Gasteiger charge is 2.40. The molecule has 3 aliphatic rings. The van der Waals surface area contributed by atoms with Gasteiger partial charge in [-0.25, -0.2) is 0 Å². The molecule has 0 saturated carbocycles. The molecule has 4 nitrogen and oxygen atoms in total. The molecule has 4 rings (SSSR count). The van der Waals surface area contributed by atoms with Gasteiger partial charge in [-0.05, 0) is 49.1 Å². The van der Waals surface area contributed by atoms with E-state index in [0.29, 0.717) is 18.2 Å². The molecule has 2 saturated heterocycles. The van der Waals surface area contributed by atoms with Crippen LogP contribution in [0.5, 0.6) is 0 Å². The van der Waals surface area contributed by atoms with Gasteiger partial charge in [-0.3, -0.25) is 14.9 Å². The van der Waals surface area contributed by atoms with Crippen molar-refractivity contribution in [2.75, 3.05) is 19.0 Å².